The minimum Gasteiger partial charge on any atom is -0.299 e. The van der Waals surface area contributed by atoms with Crippen LogP contribution in [0.1, 0.15) is 32.7 Å². The monoisotopic (exact) mass is 247 g/mol. The van der Waals surface area contributed by atoms with E-state index in [0.29, 0.717) is 5.13 Å². The minimum atomic E-state index is -0.563. The number of aromatic nitrogens is 2. The molecule has 0 saturated carbocycles. The molecule has 84 valence electrons. The fraction of sp³-hybridized carbons (Fsp3) is 0.667. The van der Waals surface area contributed by atoms with Crippen molar-refractivity contribution in [2.75, 3.05) is 5.32 Å². The zero-order valence-electron chi connectivity index (χ0n) is 9.17. The molecule has 0 spiro atoms. The molecule has 1 N–H and O–H groups in total. The highest BCUT2D eigenvalue weighted by molar-refractivity contribution is 7.15. The first-order valence-corrected chi connectivity index (χ1v) is 5.85. The lowest BCUT2D eigenvalue weighted by atomic mass is 9.98. The number of halogens is 1. The zero-order valence-corrected chi connectivity index (χ0v) is 10.7. The number of hydrogen-bond donors (Lipinski definition) is 1. The van der Waals surface area contributed by atoms with Crippen molar-refractivity contribution < 1.29 is 4.79 Å². The maximum atomic E-state index is 11.3. The number of anilines is 1. The normalized spacial score (nSPS) is 13.7. The highest BCUT2D eigenvalue weighted by Crippen LogP contribution is 2.27. The third-order valence-corrected chi connectivity index (χ3v) is 3.12. The minimum absolute atomic E-state index is 0.0484. The van der Waals surface area contributed by atoms with Gasteiger partial charge in [-0.2, -0.15) is 0 Å². The van der Waals surface area contributed by atoms with Gasteiger partial charge < -0.3 is 0 Å². The fourth-order valence-corrected chi connectivity index (χ4v) is 1.64. The molecule has 0 aliphatic heterocycles. The van der Waals surface area contributed by atoms with Crippen LogP contribution in [0.15, 0.2) is 0 Å². The lowest BCUT2D eigenvalue weighted by molar-refractivity contribution is -0.115. The van der Waals surface area contributed by atoms with Gasteiger partial charge in [-0.05, 0) is 6.92 Å². The Kier molecular flexibility index (Phi) is 3.67. The molecule has 1 aromatic heterocycles. The number of nitrogens with zero attached hydrogens (tertiary/aromatic N) is 2. The number of carbonyl (C=O) groups excluding carboxylic acids is 1. The van der Waals surface area contributed by atoms with Crippen molar-refractivity contribution in [2.24, 2.45) is 0 Å². The molecule has 1 amide bonds. The average Bonchev–Trinajstić information content (AvgIpc) is 2.51. The fourth-order valence-electron chi connectivity index (χ4n) is 0.782. The summed E-state index contributed by atoms with van der Waals surface area (Å²) >= 11 is 6.99. The molecule has 0 saturated heterocycles. The molecule has 1 rings (SSSR count). The van der Waals surface area contributed by atoms with Crippen molar-refractivity contribution in [3.63, 3.8) is 0 Å². The Hall–Kier alpha value is -0.680. The van der Waals surface area contributed by atoms with Gasteiger partial charge in [0.25, 0.3) is 0 Å². The highest BCUT2D eigenvalue weighted by Gasteiger charge is 2.20. The van der Waals surface area contributed by atoms with Gasteiger partial charge >= 0.3 is 0 Å². The molecule has 0 aliphatic rings. The molecular formula is C9H14ClN3OS. The van der Waals surface area contributed by atoms with Gasteiger partial charge in [-0.3, -0.25) is 10.1 Å². The average molecular weight is 248 g/mol. The van der Waals surface area contributed by atoms with Crippen LogP contribution in [0.5, 0.6) is 0 Å². The quantitative estimate of drug-likeness (QED) is 0.817. The second-order valence-electron chi connectivity index (χ2n) is 4.27. The van der Waals surface area contributed by atoms with E-state index in [2.05, 4.69) is 15.5 Å². The van der Waals surface area contributed by atoms with E-state index < -0.39 is 5.38 Å². The van der Waals surface area contributed by atoms with Gasteiger partial charge in [0.2, 0.25) is 11.0 Å². The summed E-state index contributed by atoms with van der Waals surface area (Å²) < 4.78 is 0. The third kappa shape index (κ3) is 3.43. The smallest absolute Gasteiger partial charge is 0.243 e. The Morgan fingerprint density at radius 3 is 2.47 bits per heavy atom. The number of rotatable bonds is 2. The Balaban J connectivity index is 2.73. The van der Waals surface area contributed by atoms with Crippen molar-refractivity contribution in [1.29, 1.82) is 0 Å². The van der Waals surface area contributed by atoms with E-state index in [-0.39, 0.29) is 11.3 Å². The summed E-state index contributed by atoms with van der Waals surface area (Å²) in [6.07, 6.45) is 0. The Morgan fingerprint density at radius 1 is 1.47 bits per heavy atom. The summed E-state index contributed by atoms with van der Waals surface area (Å²) in [5.41, 5.74) is -0.0484. The highest BCUT2D eigenvalue weighted by atomic mass is 35.5. The van der Waals surface area contributed by atoms with Crippen molar-refractivity contribution in [3.8, 4) is 0 Å². The molecule has 0 aliphatic carbocycles. The Morgan fingerprint density at radius 2 is 2.07 bits per heavy atom. The van der Waals surface area contributed by atoms with Crippen LogP contribution in [-0.4, -0.2) is 21.5 Å². The standard InChI is InChI=1S/C9H14ClN3OS/c1-5(10)6(14)11-8-13-12-7(15-8)9(2,3)4/h5H,1-4H3,(H,11,13,14)/t5-/m1/s1. The summed E-state index contributed by atoms with van der Waals surface area (Å²) in [5.74, 6) is -0.256. The van der Waals surface area contributed by atoms with E-state index in [4.69, 9.17) is 11.6 Å². The second-order valence-corrected chi connectivity index (χ2v) is 5.90. The van der Waals surface area contributed by atoms with Crippen molar-refractivity contribution >= 4 is 34.0 Å². The molecule has 0 unspecified atom stereocenters. The number of carbonyl (C=O) groups is 1. The van der Waals surface area contributed by atoms with Crippen LogP contribution >= 0.6 is 22.9 Å². The topological polar surface area (TPSA) is 54.9 Å². The molecule has 6 heteroatoms. The molecule has 0 bridgehead atoms. The predicted molar refractivity (Wildman–Crippen MR) is 62.6 cm³/mol. The third-order valence-electron chi connectivity index (χ3n) is 1.66. The van der Waals surface area contributed by atoms with Crippen LogP contribution in [0, 0.1) is 0 Å². The van der Waals surface area contributed by atoms with Gasteiger partial charge in [-0.15, -0.1) is 21.8 Å². The lowest BCUT2D eigenvalue weighted by Gasteiger charge is -2.12. The molecule has 1 aromatic rings. The molecule has 0 radical (unpaired) electrons. The van der Waals surface area contributed by atoms with E-state index in [1.54, 1.807) is 6.92 Å². The largest absolute Gasteiger partial charge is 0.299 e. The van der Waals surface area contributed by atoms with Crippen LogP contribution in [0.4, 0.5) is 5.13 Å². The lowest BCUT2D eigenvalue weighted by Crippen LogP contribution is -2.20. The summed E-state index contributed by atoms with van der Waals surface area (Å²) in [7, 11) is 0. The summed E-state index contributed by atoms with van der Waals surface area (Å²) in [5, 5.41) is 11.3. The number of nitrogens with one attached hydrogen (secondary N) is 1. The van der Waals surface area contributed by atoms with Crippen LogP contribution < -0.4 is 5.32 Å². The summed E-state index contributed by atoms with van der Waals surface area (Å²) in [6.45, 7) is 7.75. The van der Waals surface area contributed by atoms with Gasteiger partial charge in [-0.25, -0.2) is 0 Å². The van der Waals surface area contributed by atoms with Crippen LogP contribution in [-0.2, 0) is 10.2 Å². The van der Waals surface area contributed by atoms with Gasteiger partial charge in [-0.1, -0.05) is 32.1 Å². The van der Waals surface area contributed by atoms with Crippen molar-refractivity contribution in [2.45, 2.75) is 38.5 Å². The summed E-state index contributed by atoms with van der Waals surface area (Å²) in [4.78, 5) is 11.3. The van der Waals surface area contributed by atoms with E-state index in [9.17, 15) is 4.79 Å². The molecule has 1 atom stereocenters. The second kappa shape index (κ2) is 4.45. The van der Waals surface area contributed by atoms with E-state index in [1.807, 2.05) is 20.8 Å². The predicted octanol–water partition coefficient (Wildman–Crippen LogP) is 2.40. The Bertz CT molecular complexity index is 356. The molecule has 4 nitrogen and oxygen atoms in total. The number of hydrogen-bond acceptors (Lipinski definition) is 4. The molecule has 15 heavy (non-hydrogen) atoms. The van der Waals surface area contributed by atoms with E-state index >= 15 is 0 Å². The van der Waals surface area contributed by atoms with Crippen LogP contribution in [0.2, 0.25) is 0 Å². The van der Waals surface area contributed by atoms with Crippen LogP contribution in [0.3, 0.4) is 0 Å². The molecule has 0 aromatic carbocycles. The first-order valence-electron chi connectivity index (χ1n) is 4.59. The van der Waals surface area contributed by atoms with Gasteiger partial charge in [0, 0.05) is 5.41 Å². The van der Waals surface area contributed by atoms with Crippen molar-refractivity contribution in [3.05, 3.63) is 5.01 Å². The Labute approximate surface area is 98.0 Å². The van der Waals surface area contributed by atoms with Gasteiger partial charge in [0.05, 0.1) is 0 Å². The first-order chi connectivity index (χ1) is 6.80. The molecule has 0 fully saturated rings. The molecule has 1 heterocycles. The SMILES string of the molecule is C[C@@H](Cl)C(=O)Nc1nnc(C(C)(C)C)s1. The van der Waals surface area contributed by atoms with Gasteiger partial charge in [0.1, 0.15) is 10.4 Å². The first kappa shape index (κ1) is 12.4. The maximum Gasteiger partial charge on any atom is 0.243 e. The van der Waals surface area contributed by atoms with Crippen molar-refractivity contribution in [1.82, 2.24) is 10.2 Å². The van der Waals surface area contributed by atoms with Gasteiger partial charge in [0.15, 0.2) is 0 Å². The zero-order chi connectivity index (χ0) is 11.6. The molecular weight excluding hydrogens is 234 g/mol. The number of alkyl halides is 1. The van der Waals surface area contributed by atoms with Crippen LogP contribution in [0.25, 0.3) is 0 Å². The van der Waals surface area contributed by atoms with E-state index in [1.165, 1.54) is 11.3 Å². The number of amides is 1. The summed E-state index contributed by atoms with van der Waals surface area (Å²) in [6, 6.07) is 0. The van der Waals surface area contributed by atoms with E-state index in [0.717, 1.165) is 5.01 Å². The maximum absolute atomic E-state index is 11.3.